The molecule has 0 saturated heterocycles. The number of benzene rings is 6. The fourth-order valence-corrected chi connectivity index (χ4v) is 5.77. The maximum absolute atomic E-state index is 2.44. The highest BCUT2D eigenvalue weighted by Gasteiger charge is 2.27. The van der Waals surface area contributed by atoms with Crippen molar-refractivity contribution < 1.29 is 0 Å². The number of fused-ring (bicyclic) bond motifs is 4. The second-order valence-electron chi connectivity index (χ2n) is 9.29. The van der Waals surface area contributed by atoms with Gasteiger partial charge in [-0.3, -0.25) is 0 Å². The molecule has 0 bridgehead atoms. The van der Waals surface area contributed by atoms with E-state index < -0.39 is 0 Å². The Hall–Kier alpha value is -4.42. The second kappa shape index (κ2) is 8.11. The van der Waals surface area contributed by atoms with Crippen molar-refractivity contribution in [1.29, 1.82) is 0 Å². The normalized spacial score (nSPS) is 11.9. The molecule has 0 heterocycles. The molecule has 7 rings (SSSR count). The molecule has 0 aromatic heterocycles. The molecule has 164 valence electrons. The van der Waals surface area contributed by atoms with E-state index in [4.69, 9.17) is 0 Å². The third-order valence-corrected chi connectivity index (χ3v) is 7.32. The molecule has 0 amide bonds. The van der Waals surface area contributed by atoms with Crippen molar-refractivity contribution in [2.45, 2.75) is 6.42 Å². The van der Waals surface area contributed by atoms with Crippen LogP contribution in [0.25, 0.3) is 55.3 Å². The van der Waals surface area contributed by atoms with Crippen molar-refractivity contribution in [2.24, 2.45) is 0 Å². The number of hydrogen-bond donors (Lipinski definition) is 0. The van der Waals surface area contributed by atoms with E-state index in [9.17, 15) is 0 Å². The Labute approximate surface area is 206 Å². The van der Waals surface area contributed by atoms with Crippen molar-refractivity contribution in [3.8, 4) is 44.5 Å². The topological polar surface area (TPSA) is 0 Å². The molecule has 0 radical (unpaired) electrons. The van der Waals surface area contributed by atoms with E-state index in [0.29, 0.717) is 0 Å². The summed E-state index contributed by atoms with van der Waals surface area (Å²) < 4.78 is 0. The van der Waals surface area contributed by atoms with Crippen molar-refractivity contribution in [3.63, 3.8) is 0 Å². The van der Waals surface area contributed by atoms with Gasteiger partial charge in [0, 0.05) is 0 Å². The minimum absolute atomic E-state index is 0.957. The fraction of sp³-hybridized carbons (Fsp3) is 0.0286. The van der Waals surface area contributed by atoms with Crippen LogP contribution in [0.2, 0.25) is 0 Å². The molecule has 0 spiro atoms. The van der Waals surface area contributed by atoms with Gasteiger partial charge in [0.25, 0.3) is 0 Å². The van der Waals surface area contributed by atoms with Gasteiger partial charge in [-0.15, -0.1) is 0 Å². The van der Waals surface area contributed by atoms with E-state index in [0.717, 1.165) is 6.42 Å². The van der Waals surface area contributed by atoms with Gasteiger partial charge >= 0.3 is 0 Å². The van der Waals surface area contributed by atoms with Crippen LogP contribution in [0.4, 0.5) is 0 Å². The van der Waals surface area contributed by atoms with Crippen LogP contribution in [0.5, 0.6) is 0 Å². The average molecular weight is 445 g/mol. The molecular weight excluding hydrogens is 420 g/mol. The monoisotopic (exact) mass is 444 g/mol. The predicted molar refractivity (Wildman–Crippen MR) is 148 cm³/mol. The lowest BCUT2D eigenvalue weighted by molar-refractivity contribution is 1.27. The molecule has 0 nitrogen and oxygen atoms in total. The minimum Gasteiger partial charge on any atom is -0.0622 e. The van der Waals surface area contributed by atoms with E-state index in [1.807, 2.05) is 0 Å². The third-order valence-electron chi connectivity index (χ3n) is 7.32. The summed E-state index contributed by atoms with van der Waals surface area (Å²) in [4.78, 5) is 0. The predicted octanol–water partition coefficient (Wildman–Crippen LogP) is 9.41. The Kier molecular flexibility index (Phi) is 4.63. The van der Waals surface area contributed by atoms with Crippen molar-refractivity contribution in [3.05, 3.63) is 145 Å². The molecule has 1 aliphatic rings. The summed E-state index contributed by atoms with van der Waals surface area (Å²) in [5.74, 6) is 0. The summed E-state index contributed by atoms with van der Waals surface area (Å²) >= 11 is 0. The number of hydrogen-bond acceptors (Lipinski definition) is 0. The van der Waals surface area contributed by atoms with Crippen LogP contribution >= 0.6 is 0 Å². The largest absolute Gasteiger partial charge is 0.0622 e. The quantitative estimate of drug-likeness (QED) is 0.255. The SMILES string of the molecule is c1ccc(-c2cc3c(c(-c4cccc5ccccc45)c2-c2ccccc2)Cc2ccccc2-3)cc1. The molecule has 0 aliphatic heterocycles. The molecule has 0 fully saturated rings. The minimum atomic E-state index is 0.957. The van der Waals surface area contributed by atoms with Crippen LogP contribution in [-0.4, -0.2) is 0 Å². The van der Waals surface area contributed by atoms with Gasteiger partial charge in [0.1, 0.15) is 0 Å². The summed E-state index contributed by atoms with van der Waals surface area (Å²) in [5, 5.41) is 2.58. The zero-order valence-electron chi connectivity index (χ0n) is 19.4. The van der Waals surface area contributed by atoms with Gasteiger partial charge in [-0.05, 0) is 78.9 Å². The summed E-state index contributed by atoms with van der Waals surface area (Å²) in [6.45, 7) is 0. The first-order valence-corrected chi connectivity index (χ1v) is 12.3. The first-order valence-electron chi connectivity index (χ1n) is 12.3. The lowest BCUT2D eigenvalue weighted by atomic mass is 9.81. The molecule has 6 aromatic rings. The summed E-state index contributed by atoms with van der Waals surface area (Å²) in [6.07, 6.45) is 0.957. The molecule has 0 atom stereocenters. The van der Waals surface area contributed by atoms with E-state index in [-0.39, 0.29) is 0 Å². The van der Waals surface area contributed by atoms with Gasteiger partial charge in [-0.2, -0.15) is 0 Å². The van der Waals surface area contributed by atoms with Crippen LogP contribution in [-0.2, 0) is 6.42 Å². The summed E-state index contributed by atoms with van der Waals surface area (Å²) in [5.41, 5.74) is 13.4. The van der Waals surface area contributed by atoms with Gasteiger partial charge in [0.15, 0.2) is 0 Å². The average Bonchev–Trinajstić information content (AvgIpc) is 3.31. The van der Waals surface area contributed by atoms with Crippen molar-refractivity contribution in [2.75, 3.05) is 0 Å². The van der Waals surface area contributed by atoms with Crippen LogP contribution < -0.4 is 0 Å². The fourth-order valence-electron chi connectivity index (χ4n) is 5.77. The molecule has 6 aromatic carbocycles. The van der Waals surface area contributed by atoms with Gasteiger partial charge in [-0.25, -0.2) is 0 Å². The van der Waals surface area contributed by atoms with E-state index >= 15 is 0 Å². The second-order valence-corrected chi connectivity index (χ2v) is 9.29. The Balaban J connectivity index is 1.68. The van der Waals surface area contributed by atoms with Crippen LogP contribution in [0.1, 0.15) is 11.1 Å². The van der Waals surface area contributed by atoms with Gasteiger partial charge in [-0.1, -0.05) is 127 Å². The molecule has 1 aliphatic carbocycles. The molecule has 0 heteroatoms. The van der Waals surface area contributed by atoms with E-state index in [1.54, 1.807) is 0 Å². The lowest BCUT2D eigenvalue weighted by Crippen LogP contribution is -1.97. The summed E-state index contributed by atoms with van der Waals surface area (Å²) in [6, 6.07) is 48.6. The highest BCUT2D eigenvalue weighted by Crippen LogP contribution is 2.51. The number of rotatable bonds is 3. The molecule has 0 N–H and O–H groups in total. The zero-order valence-corrected chi connectivity index (χ0v) is 19.4. The standard InChI is InChI=1S/C35H24/c1-3-12-25(13-4-1)31-23-32-29-20-10-8-17-27(29)22-33(32)35(34(31)26-15-5-2-6-16-26)30-21-11-18-24-14-7-9-19-28(24)30/h1-21,23H,22H2. The van der Waals surface area contributed by atoms with Gasteiger partial charge < -0.3 is 0 Å². The van der Waals surface area contributed by atoms with E-state index in [2.05, 4.69) is 133 Å². The molecular formula is C35H24. The molecule has 0 unspecified atom stereocenters. The highest BCUT2D eigenvalue weighted by atomic mass is 14.3. The van der Waals surface area contributed by atoms with Crippen LogP contribution in [0, 0.1) is 0 Å². The maximum atomic E-state index is 2.44. The Morgan fingerprint density at radius 1 is 0.400 bits per heavy atom. The van der Waals surface area contributed by atoms with Crippen LogP contribution in [0.3, 0.4) is 0 Å². The van der Waals surface area contributed by atoms with Crippen LogP contribution in [0.15, 0.2) is 133 Å². The first kappa shape index (κ1) is 20.0. The van der Waals surface area contributed by atoms with E-state index in [1.165, 1.54) is 66.4 Å². The highest BCUT2D eigenvalue weighted by molar-refractivity contribution is 6.07. The third kappa shape index (κ3) is 3.22. The first-order chi connectivity index (χ1) is 17.4. The zero-order chi connectivity index (χ0) is 23.2. The smallest absolute Gasteiger partial charge is 0.000705 e. The van der Waals surface area contributed by atoms with Crippen molar-refractivity contribution >= 4 is 10.8 Å². The van der Waals surface area contributed by atoms with Gasteiger partial charge in [0.2, 0.25) is 0 Å². The maximum Gasteiger partial charge on any atom is -0.000705 e. The molecule has 0 saturated carbocycles. The summed E-state index contributed by atoms with van der Waals surface area (Å²) in [7, 11) is 0. The lowest BCUT2D eigenvalue weighted by Gasteiger charge is -2.22. The van der Waals surface area contributed by atoms with Crippen molar-refractivity contribution in [1.82, 2.24) is 0 Å². The molecule has 35 heavy (non-hydrogen) atoms. The Morgan fingerprint density at radius 2 is 1.03 bits per heavy atom. The van der Waals surface area contributed by atoms with Gasteiger partial charge in [0.05, 0.1) is 0 Å². The Morgan fingerprint density at radius 3 is 1.86 bits per heavy atom. The Bertz CT molecular complexity index is 1690.